The Labute approximate surface area is 123 Å². The molecular weight excluding hydrogens is 248 g/mol. The van der Waals surface area contributed by atoms with Crippen LogP contribution in [0, 0.1) is 5.92 Å². The molecule has 1 fully saturated rings. The summed E-state index contributed by atoms with van der Waals surface area (Å²) in [5.74, 6) is 0.863. The molecule has 1 saturated heterocycles. The van der Waals surface area contributed by atoms with Gasteiger partial charge in [0.1, 0.15) is 0 Å². The monoisotopic (exact) mass is 276 g/mol. The molecule has 4 nitrogen and oxygen atoms in total. The molecular formula is C16H28N4. The lowest BCUT2D eigenvalue weighted by Crippen LogP contribution is -2.36. The van der Waals surface area contributed by atoms with E-state index in [4.69, 9.17) is 0 Å². The zero-order valence-corrected chi connectivity index (χ0v) is 13.1. The molecule has 0 aromatic carbocycles. The van der Waals surface area contributed by atoms with Gasteiger partial charge in [0.2, 0.25) is 0 Å². The van der Waals surface area contributed by atoms with E-state index in [0.29, 0.717) is 0 Å². The van der Waals surface area contributed by atoms with Gasteiger partial charge in [-0.3, -0.25) is 9.88 Å². The van der Waals surface area contributed by atoms with Crippen LogP contribution in [0.2, 0.25) is 0 Å². The van der Waals surface area contributed by atoms with Gasteiger partial charge in [0.15, 0.2) is 0 Å². The van der Waals surface area contributed by atoms with E-state index in [-0.39, 0.29) is 0 Å². The highest BCUT2D eigenvalue weighted by atomic mass is 15.1. The van der Waals surface area contributed by atoms with E-state index in [1.165, 1.54) is 43.9 Å². The lowest BCUT2D eigenvalue weighted by molar-refractivity contribution is 0.155. The maximum absolute atomic E-state index is 4.49. The molecule has 1 aromatic heterocycles. The van der Waals surface area contributed by atoms with E-state index in [2.05, 4.69) is 47.2 Å². The number of rotatable bonds is 6. The summed E-state index contributed by atoms with van der Waals surface area (Å²) >= 11 is 0. The van der Waals surface area contributed by atoms with Crippen molar-refractivity contribution in [2.75, 3.05) is 45.6 Å². The molecule has 4 heteroatoms. The summed E-state index contributed by atoms with van der Waals surface area (Å²) in [4.78, 5) is 9.33. The topological polar surface area (TPSA) is 31.4 Å². The molecule has 1 aliphatic rings. The summed E-state index contributed by atoms with van der Waals surface area (Å²) in [6.45, 7) is 7.68. The van der Waals surface area contributed by atoms with Gasteiger partial charge in [0.05, 0.1) is 5.69 Å². The normalized spacial score (nSPS) is 17.6. The van der Waals surface area contributed by atoms with Crippen LogP contribution in [-0.2, 0) is 6.54 Å². The summed E-state index contributed by atoms with van der Waals surface area (Å²) in [6.07, 6.45) is 4.53. The van der Waals surface area contributed by atoms with Crippen molar-refractivity contribution in [2.45, 2.75) is 26.3 Å². The summed E-state index contributed by atoms with van der Waals surface area (Å²) in [5.41, 5.74) is 2.36. The highest BCUT2D eigenvalue weighted by molar-refractivity contribution is 5.42. The second kappa shape index (κ2) is 7.60. The number of nitrogens with one attached hydrogen (secondary N) is 1. The maximum atomic E-state index is 4.49. The number of anilines is 1. The third kappa shape index (κ3) is 4.76. The Morgan fingerprint density at radius 3 is 2.75 bits per heavy atom. The minimum absolute atomic E-state index is 0.863. The first kappa shape index (κ1) is 15.3. The maximum Gasteiger partial charge on any atom is 0.0564 e. The van der Waals surface area contributed by atoms with Crippen molar-refractivity contribution in [1.29, 1.82) is 0 Å². The number of likely N-dealkylation sites (tertiary alicyclic amines) is 1. The Hall–Kier alpha value is -1.13. The number of aromatic nitrogens is 1. The summed E-state index contributed by atoms with van der Waals surface area (Å²) in [7, 11) is 4.34. The van der Waals surface area contributed by atoms with Crippen LogP contribution >= 0.6 is 0 Å². The van der Waals surface area contributed by atoms with E-state index in [1.54, 1.807) is 0 Å². The highest BCUT2D eigenvalue weighted by Crippen LogP contribution is 2.19. The third-order valence-electron chi connectivity index (χ3n) is 3.91. The van der Waals surface area contributed by atoms with Crippen LogP contribution < -0.4 is 5.32 Å². The molecule has 0 radical (unpaired) electrons. The second-order valence-electron chi connectivity index (χ2n) is 6.05. The van der Waals surface area contributed by atoms with Crippen LogP contribution in [-0.4, -0.2) is 55.1 Å². The molecule has 0 unspecified atom stereocenters. The predicted molar refractivity (Wildman–Crippen MR) is 85.0 cm³/mol. The van der Waals surface area contributed by atoms with Gasteiger partial charge in [-0.1, -0.05) is 0 Å². The number of pyridine rings is 1. The van der Waals surface area contributed by atoms with Crippen molar-refractivity contribution in [3.8, 4) is 0 Å². The van der Waals surface area contributed by atoms with Gasteiger partial charge in [-0.2, -0.15) is 0 Å². The quantitative estimate of drug-likeness (QED) is 0.864. The molecule has 112 valence electrons. The average molecular weight is 276 g/mol. The minimum atomic E-state index is 0.863. The van der Waals surface area contributed by atoms with Crippen LogP contribution in [0.15, 0.2) is 18.3 Å². The predicted octanol–water partition coefficient (Wildman–Crippen LogP) is 2.29. The largest absolute Gasteiger partial charge is 0.385 e. The van der Waals surface area contributed by atoms with E-state index in [0.717, 1.165) is 19.0 Å². The smallest absolute Gasteiger partial charge is 0.0564 e. The number of hydrogen-bond acceptors (Lipinski definition) is 4. The van der Waals surface area contributed by atoms with E-state index in [9.17, 15) is 0 Å². The zero-order valence-electron chi connectivity index (χ0n) is 13.1. The molecule has 0 atom stereocenters. The van der Waals surface area contributed by atoms with Gasteiger partial charge in [0, 0.05) is 31.5 Å². The fourth-order valence-corrected chi connectivity index (χ4v) is 2.95. The standard InChI is InChI=1S/C16H28N4/c1-4-17-15-5-8-18-16(11-15)13-20-9-6-14(7-10-20)12-19(2)3/h5,8,11,14H,4,6-7,9-10,12-13H2,1-3H3,(H,17,18). The van der Waals surface area contributed by atoms with Crippen molar-refractivity contribution < 1.29 is 0 Å². The van der Waals surface area contributed by atoms with Crippen LogP contribution in [0.1, 0.15) is 25.5 Å². The van der Waals surface area contributed by atoms with Gasteiger partial charge < -0.3 is 10.2 Å². The second-order valence-corrected chi connectivity index (χ2v) is 6.05. The minimum Gasteiger partial charge on any atom is -0.385 e. The molecule has 0 amide bonds. The lowest BCUT2D eigenvalue weighted by atomic mass is 9.96. The first-order valence-electron chi connectivity index (χ1n) is 7.73. The van der Waals surface area contributed by atoms with Crippen LogP contribution in [0.5, 0.6) is 0 Å². The molecule has 1 N–H and O–H groups in total. The number of piperidine rings is 1. The fraction of sp³-hybridized carbons (Fsp3) is 0.688. The SMILES string of the molecule is CCNc1ccnc(CN2CCC(CN(C)C)CC2)c1. The Morgan fingerprint density at radius 2 is 2.10 bits per heavy atom. The summed E-state index contributed by atoms with van der Waals surface area (Å²) in [6, 6.07) is 4.21. The molecule has 2 rings (SSSR count). The van der Waals surface area contributed by atoms with Gasteiger partial charge in [-0.05, 0) is 65.0 Å². The number of hydrogen-bond donors (Lipinski definition) is 1. The van der Waals surface area contributed by atoms with Gasteiger partial charge in [-0.15, -0.1) is 0 Å². The van der Waals surface area contributed by atoms with Crippen LogP contribution in [0.4, 0.5) is 5.69 Å². The molecule has 1 aromatic rings. The Bertz CT molecular complexity index is 397. The molecule has 1 aliphatic heterocycles. The average Bonchev–Trinajstić information content (AvgIpc) is 2.41. The molecule has 0 spiro atoms. The van der Waals surface area contributed by atoms with Crippen molar-refractivity contribution in [3.63, 3.8) is 0 Å². The molecule has 0 bridgehead atoms. The van der Waals surface area contributed by atoms with Gasteiger partial charge in [0.25, 0.3) is 0 Å². The fourth-order valence-electron chi connectivity index (χ4n) is 2.95. The van der Waals surface area contributed by atoms with E-state index >= 15 is 0 Å². The molecule has 0 aliphatic carbocycles. The molecule has 0 saturated carbocycles. The van der Waals surface area contributed by atoms with Gasteiger partial charge >= 0.3 is 0 Å². The lowest BCUT2D eigenvalue weighted by Gasteiger charge is -2.33. The summed E-state index contributed by atoms with van der Waals surface area (Å²) < 4.78 is 0. The highest BCUT2D eigenvalue weighted by Gasteiger charge is 2.19. The van der Waals surface area contributed by atoms with Crippen LogP contribution in [0.25, 0.3) is 0 Å². The van der Waals surface area contributed by atoms with Crippen molar-refractivity contribution >= 4 is 5.69 Å². The first-order chi connectivity index (χ1) is 9.67. The Morgan fingerprint density at radius 1 is 1.35 bits per heavy atom. The first-order valence-corrected chi connectivity index (χ1v) is 7.73. The van der Waals surface area contributed by atoms with Gasteiger partial charge in [-0.25, -0.2) is 0 Å². The van der Waals surface area contributed by atoms with Crippen molar-refractivity contribution in [1.82, 2.24) is 14.8 Å². The third-order valence-corrected chi connectivity index (χ3v) is 3.91. The molecule has 2 heterocycles. The Kier molecular flexibility index (Phi) is 5.80. The Balaban J connectivity index is 1.81. The van der Waals surface area contributed by atoms with Crippen molar-refractivity contribution in [3.05, 3.63) is 24.0 Å². The van der Waals surface area contributed by atoms with Crippen molar-refractivity contribution in [2.24, 2.45) is 5.92 Å². The molecule has 20 heavy (non-hydrogen) atoms. The summed E-state index contributed by atoms with van der Waals surface area (Å²) in [5, 5.41) is 3.35. The zero-order chi connectivity index (χ0) is 14.4. The number of nitrogens with zero attached hydrogens (tertiary/aromatic N) is 3. The van der Waals surface area contributed by atoms with E-state index < -0.39 is 0 Å². The van der Waals surface area contributed by atoms with E-state index in [1.807, 2.05) is 12.3 Å². The van der Waals surface area contributed by atoms with Crippen LogP contribution in [0.3, 0.4) is 0 Å².